The number of aliphatic hydroxyl groups is 1. The molecule has 0 saturated carbocycles. The molecule has 0 radical (unpaired) electrons. The van der Waals surface area contributed by atoms with Crippen LogP contribution in [0.3, 0.4) is 0 Å². The zero-order valence-electron chi connectivity index (χ0n) is 32.3. The average Bonchev–Trinajstić information content (AvgIpc) is 3.09. The number of pyridine rings is 1. The smallest absolute Gasteiger partial charge is 0.407 e. The molecule has 2 aromatic carbocycles. The zero-order chi connectivity index (χ0) is 39.1. The molecule has 12 nitrogen and oxygen atoms in total. The minimum absolute atomic E-state index is 0.224. The monoisotopic (exact) mass is 718 g/mol. The van der Waals surface area contributed by atoms with Crippen LogP contribution >= 0.6 is 0 Å². The number of carbonyl (C=O) groups excluding carboxylic acids is 4. The van der Waals surface area contributed by atoms with Gasteiger partial charge < -0.3 is 25.8 Å². The van der Waals surface area contributed by atoms with E-state index < -0.39 is 35.7 Å². The third kappa shape index (κ3) is 14.8. The zero-order valence-corrected chi connectivity index (χ0v) is 32.3. The highest BCUT2D eigenvalue weighted by atomic mass is 16.5. The van der Waals surface area contributed by atoms with Crippen molar-refractivity contribution in [3.05, 3.63) is 90.1 Å². The Balaban J connectivity index is 0.000000361. The lowest BCUT2D eigenvalue weighted by Crippen LogP contribution is -2.57. The Morgan fingerprint density at radius 3 is 1.87 bits per heavy atom. The highest BCUT2D eigenvalue weighted by Gasteiger charge is 2.35. The van der Waals surface area contributed by atoms with Crippen molar-refractivity contribution in [2.75, 3.05) is 14.2 Å². The van der Waals surface area contributed by atoms with Crippen molar-refractivity contribution in [1.29, 1.82) is 0 Å². The van der Waals surface area contributed by atoms with Gasteiger partial charge in [-0.1, -0.05) is 109 Å². The van der Waals surface area contributed by atoms with Crippen molar-refractivity contribution < 1.29 is 29.0 Å². The van der Waals surface area contributed by atoms with Crippen molar-refractivity contribution in [3.63, 3.8) is 0 Å². The Bertz CT molecular complexity index is 1560. The lowest BCUT2D eigenvalue weighted by molar-refractivity contribution is -0.134. The molecule has 3 aromatic rings. The molecule has 284 valence electrons. The molecule has 52 heavy (non-hydrogen) atoms. The molecule has 0 spiro atoms. The lowest BCUT2D eigenvalue weighted by Gasteiger charge is -2.32. The van der Waals surface area contributed by atoms with E-state index in [1.165, 1.54) is 14.0 Å². The number of aliphatic hydroxyl groups excluding tert-OH is 1. The number of hydrogen-bond donors (Lipinski definition) is 5. The van der Waals surface area contributed by atoms with Crippen LogP contribution in [0.1, 0.15) is 72.9 Å². The van der Waals surface area contributed by atoms with E-state index >= 15 is 0 Å². The van der Waals surface area contributed by atoms with Crippen LogP contribution in [0.2, 0.25) is 0 Å². The molecule has 2 unspecified atom stereocenters. The largest absolute Gasteiger partial charge is 0.453 e. The van der Waals surface area contributed by atoms with Crippen LogP contribution in [0.4, 0.5) is 4.79 Å². The SMILES string of the molecule is CC(=O)N[C@H](C(=O)NN(C)Cc1ccc(-c2ccccn2)cc1)C(C)(C)C.CCC(O)C(Cc1ccccc1)NC(=O)[C@@H](NC(=O)OC)C(C)(C)C. The number of aromatic nitrogens is 1. The fraction of sp³-hybridized carbons (Fsp3) is 0.475. The molecule has 12 heteroatoms. The Hall–Kier alpha value is -4.81. The lowest BCUT2D eigenvalue weighted by atomic mass is 9.85. The van der Waals surface area contributed by atoms with Crippen LogP contribution < -0.4 is 21.4 Å². The van der Waals surface area contributed by atoms with Crippen LogP contribution in [-0.4, -0.2) is 77.3 Å². The molecule has 4 amide bonds. The molecule has 1 heterocycles. The normalized spacial score (nSPS) is 13.7. The van der Waals surface area contributed by atoms with Crippen LogP contribution in [0.25, 0.3) is 11.3 Å². The van der Waals surface area contributed by atoms with Gasteiger partial charge >= 0.3 is 6.09 Å². The van der Waals surface area contributed by atoms with E-state index in [9.17, 15) is 24.3 Å². The number of nitrogens with zero attached hydrogens (tertiary/aromatic N) is 2. The summed E-state index contributed by atoms with van der Waals surface area (Å²) in [5, 5.41) is 20.2. The highest BCUT2D eigenvalue weighted by Crippen LogP contribution is 2.22. The first kappa shape index (κ1) is 43.4. The predicted octanol–water partition coefficient (Wildman–Crippen LogP) is 5.02. The van der Waals surface area contributed by atoms with Gasteiger partial charge in [0.1, 0.15) is 12.1 Å². The molecule has 0 bridgehead atoms. The van der Waals surface area contributed by atoms with E-state index in [1.807, 2.05) is 121 Å². The first-order valence-corrected chi connectivity index (χ1v) is 17.5. The Morgan fingerprint density at radius 1 is 0.788 bits per heavy atom. The van der Waals surface area contributed by atoms with Gasteiger partial charge in [0.15, 0.2) is 0 Å². The number of carbonyl (C=O) groups is 4. The summed E-state index contributed by atoms with van der Waals surface area (Å²) in [5.74, 6) is -0.797. The molecule has 0 aliphatic rings. The molecule has 0 aliphatic carbocycles. The molecule has 0 saturated heterocycles. The van der Waals surface area contributed by atoms with Crippen LogP contribution in [0.15, 0.2) is 79.0 Å². The quantitative estimate of drug-likeness (QED) is 0.154. The molecule has 1 aromatic heterocycles. The summed E-state index contributed by atoms with van der Waals surface area (Å²) in [4.78, 5) is 52.7. The minimum Gasteiger partial charge on any atom is -0.453 e. The number of rotatable bonds is 13. The van der Waals surface area contributed by atoms with Crippen molar-refractivity contribution >= 4 is 23.8 Å². The minimum atomic E-state index is -0.776. The van der Waals surface area contributed by atoms with Gasteiger partial charge in [-0.05, 0) is 46.9 Å². The van der Waals surface area contributed by atoms with Crippen molar-refractivity contribution in [1.82, 2.24) is 31.4 Å². The summed E-state index contributed by atoms with van der Waals surface area (Å²) in [6.07, 6.45) is 1.46. The van der Waals surface area contributed by atoms with E-state index in [4.69, 9.17) is 0 Å². The maximum absolute atomic E-state index is 12.8. The Kier molecular flexibility index (Phi) is 16.9. The van der Waals surface area contributed by atoms with Gasteiger partial charge in [0.25, 0.3) is 5.91 Å². The molecular weight excluding hydrogens is 660 g/mol. The molecule has 3 rings (SSSR count). The molecular formula is C40H58N6O6. The number of hydrogen-bond acceptors (Lipinski definition) is 8. The summed E-state index contributed by atoms with van der Waals surface area (Å²) in [6.45, 7) is 15.2. The number of benzene rings is 2. The number of amides is 4. The second-order valence-electron chi connectivity index (χ2n) is 15.0. The van der Waals surface area contributed by atoms with E-state index in [2.05, 4.69) is 31.1 Å². The van der Waals surface area contributed by atoms with Crippen molar-refractivity contribution in [2.24, 2.45) is 10.8 Å². The van der Waals surface area contributed by atoms with Gasteiger partial charge in [-0.3, -0.25) is 24.8 Å². The molecule has 4 atom stereocenters. The molecule has 5 N–H and O–H groups in total. The second kappa shape index (κ2) is 20.3. The first-order chi connectivity index (χ1) is 24.3. The van der Waals surface area contributed by atoms with Gasteiger partial charge in [0.2, 0.25) is 11.8 Å². The number of alkyl carbamates (subject to hydrolysis) is 1. The summed E-state index contributed by atoms with van der Waals surface area (Å²) in [7, 11) is 3.06. The van der Waals surface area contributed by atoms with Gasteiger partial charge in [-0.25, -0.2) is 9.80 Å². The Morgan fingerprint density at radius 2 is 1.37 bits per heavy atom. The van der Waals surface area contributed by atoms with Gasteiger partial charge in [0, 0.05) is 32.3 Å². The van der Waals surface area contributed by atoms with Crippen molar-refractivity contribution in [2.45, 2.75) is 99.0 Å². The van der Waals surface area contributed by atoms with E-state index in [0.29, 0.717) is 19.4 Å². The number of ether oxygens (including phenoxy) is 1. The van der Waals surface area contributed by atoms with Crippen LogP contribution in [0.5, 0.6) is 0 Å². The number of nitrogens with one attached hydrogen (secondary N) is 4. The fourth-order valence-corrected chi connectivity index (χ4v) is 5.31. The molecule has 0 fully saturated rings. The maximum atomic E-state index is 12.8. The number of methoxy groups -OCH3 is 1. The summed E-state index contributed by atoms with van der Waals surface area (Å²) in [5.41, 5.74) is 6.01. The van der Waals surface area contributed by atoms with E-state index in [-0.39, 0.29) is 23.1 Å². The molecule has 0 aliphatic heterocycles. The fourth-order valence-electron chi connectivity index (χ4n) is 5.31. The van der Waals surface area contributed by atoms with Gasteiger partial charge in [-0.15, -0.1) is 0 Å². The summed E-state index contributed by atoms with van der Waals surface area (Å²) in [6, 6.07) is 21.7. The first-order valence-electron chi connectivity index (χ1n) is 17.5. The summed E-state index contributed by atoms with van der Waals surface area (Å²) >= 11 is 0. The predicted molar refractivity (Wildman–Crippen MR) is 204 cm³/mol. The second-order valence-corrected chi connectivity index (χ2v) is 15.0. The van der Waals surface area contributed by atoms with Crippen molar-refractivity contribution in [3.8, 4) is 11.3 Å². The third-order valence-corrected chi connectivity index (χ3v) is 8.20. The van der Waals surface area contributed by atoms with Crippen LogP contribution in [0, 0.1) is 10.8 Å². The third-order valence-electron chi connectivity index (χ3n) is 8.20. The van der Waals surface area contributed by atoms with Gasteiger partial charge in [-0.2, -0.15) is 0 Å². The average molecular weight is 719 g/mol. The standard InChI is InChI=1S/C21H28N4O2.C19H30N2O4/c1-15(26)23-19(21(2,3)4)20(27)24-25(5)14-16-9-11-17(12-10-16)18-8-6-7-13-22-18;1-6-15(22)14(12-13-10-8-7-9-11-13)20-17(23)16(19(2,3)4)21-18(24)25-5/h6-13,19H,14H2,1-5H3,(H,23,26)(H,24,27);7-11,14-16,22H,6,12H2,1-5H3,(H,20,23)(H,21,24)/t19-;14?,15?,16-/m11/s1. The highest BCUT2D eigenvalue weighted by molar-refractivity contribution is 5.87. The van der Waals surface area contributed by atoms with E-state index in [0.717, 1.165) is 22.4 Å². The Labute approximate surface area is 309 Å². The van der Waals surface area contributed by atoms with Crippen LogP contribution in [-0.2, 0) is 32.1 Å². The summed E-state index contributed by atoms with van der Waals surface area (Å²) < 4.78 is 4.62. The topological polar surface area (TPSA) is 162 Å². The van der Waals surface area contributed by atoms with Gasteiger partial charge in [0.05, 0.1) is 24.9 Å². The number of hydrazine groups is 1. The van der Waals surface area contributed by atoms with E-state index in [1.54, 1.807) is 18.3 Å². The maximum Gasteiger partial charge on any atom is 0.407 e.